The lowest BCUT2D eigenvalue weighted by Gasteiger charge is -2.28. The van der Waals surface area contributed by atoms with Gasteiger partial charge >= 0.3 is 24.1 Å². The third kappa shape index (κ3) is 9.71. The maximum absolute atomic E-state index is 13.4. The molecule has 10 nitrogen and oxygen atoms in total. The number of carboxylic acid groups (broad SMARTS) is 2. The fourth-order valence-electron chi connectivity index (χ4n) is 5.41. The molecule has 0 spiro atoms. The smallest absolute Gasteiger partial charge is 0.480 e. The number of nitrogen functional groups attached to an aromatic ring is 1. The summed E-state index contributed by atoms with van der Waals surface area (Å²) < 4.78 is 31.7. The lowest BCUT2D eigenvalue weighted by atomic mass is 9.83. The van der Waals surface area contributed by atoms with Crippen LogP contribution in [0.5, 0.6) is 0 Å². The Morgan fingerprint density at radius 2 is 1.37 bits per heavy atom. The van der Waals surface area contributed by atoms with Gasteiger partial charge < -0.3 is 31.9 Å². The number of carbonyl (C=O) groups is 4. The topological polar surface area (TPSA) is 171 Å². The highest BCUT2D eigenvalue weighted by Gasteiger charge is 2.38. The number of hydrogen-bond acceptors (Lipinski definition) is 5. The molecule has 1 fully saturated rings. The molecule has 0 radical (unpaired) electrons. The van der Waals surface area contributed by atoms with E-state index in [9.17, 15) is 32.7 Å². The van der Waals surface area contributed by atoms with E-state index in [-0.39, 0.29) is 17.2 Å². The Morgan fingerprint density at radius 1 is 0.826 bits per heavy atom. The lowest BCUT2D eigenvalue weighted by Crippen LogP contribution is -2.46. The third-order valence-corrected chi connectivity index (χ3v) is 7.59. The van der Waals surface area contributed by atoms with Crippen molar-refractivity contribution in [1.29, 1.82) is 0 Å². The first-order valence-corrected chi connectivity index (χ1v) is 14.6. The van der Waals surface area contributed by atoms with E-state index in [0.29, 0.717) is 11.4 Å². The number of aryl methyl sites for hydroxylation is 3. The fourth-order valence-corrected chi connectivity index (χ4v) is 5.41. The van der Waals surface area contributed by atoms with Crippen molar-refractivity contribution in [2.24, 2.45) is 5.92 Å². The molecule has 0 aromatic heterocycles. The normalized spacial score (nSPS) is 13.9. The SMILES string of the molecule is Cc1cc(C)c(NC(=O)Nc2cc(-c3ccc(N)cc3)ccc2C(=O)N[C@H](C(=O)O)C2CCCCC2)c(C)c1.O=C(O)C(F)(F)F. The van der Waals surface area contributed by atoms with Gasteiger partial charge in [0, 0.05) is 11.4 Å². The van der Waals surface area contributed by atoms with Crippen molar-refractivity contribution in [3.05, 3.63) is 76.9 Å². The van der Waals surface area contributed by atoms with Gasteiger partial charge in [0.25, 0.3) is 5.91 Å². The number of nitrogens with two attached hydrogens (primary N) is 1. The van der Waals surface area contributed by atoms with Gasteiger partial charge in [0.1, 0.15) is 6.04 Å². The number of nitrogens with one attached hydrogen (secondary N) is 3. The maximum atomic E-state index is 13.4. The van der Waals surface area contributed by atoms with Crippen LogP contribution in [0.3, 0.4) is 0 Å². The van der Waals surface area contributed by atoms with Crippen LogP contribution in [-0.2, 0) is 9.59 Å². The van der Waals surface area contributed by atoms with E-state index in [1.54, 1.807) is 30.3 Å². The van der Waals surface area contributed by atoms with Crippen LogP contribution in [-0.4, -0.2) is 46.3 Å². The number of aliphatic carboxylic acids is 2. The largest absolute Gasteiger partial charge is 0.490 e. The maximum Gasteiger partial charge on any atom is 0.490 e. The number of alkyl halides is 3. The number of carbonyl (C=O) groups excluding carboxylic acids is 2. The summed E-state index contributed by atoms with van der Waals surface area (Å²) in [6, 6.07) is 14.8. The Morgan fingerprint density at radius 3 is 1.89 bits per heavy atom. The van der Waals surface area contributed by atoms with Gasteiger partial charge in [0.15, 0.2) is 0 Å². The number of carboxylic acids is 2. The van der Waals surface area contributed by atoms with Crippen molar-refractivity contribution >= 4 is 40.9 Å². The average molecular weight is 643 g/mol. The second-order valence-electron chi connectivity index (χ2n) is 11.2. The molecule has 246 valence electrons. The van der Waals surface area contributed by atoms with Gasteiger partial charge in [-0.1, -0.05) is 55.2 Å². The molecule has 46 heavy (non-hydrogen) atoms. The predicted molar refractivity (Wildman–Crippen MR) is 169 cm³/mol. The number of halogens is 3. The molecule has 4 rings (SSSR count). The lowest BCUT2D eigenvalue weighted by molar-refractivity contribution is -0.192. The van der Waals surface area contributed by atoms with Gasteiger partial charge in [-0.05, 0) is 86.1 Å². The minimum Gasteiger partial charge on any atom is -0.480 e. The van der Waals surface area contributed by atoms with E-state index in [0.717, 1.165) is 59.9 Å². The Labute approximate surface area is 264 Å². The highest BCUT2D eigenvalue weighted by Crippen LogP contribution is 2.30. The van der Waals surface area contributed by atoms with Crippen molar-refractivity contribution in [1.82, 2.24) is 5.32 Å². The quantitative estimate of drug-likeness (QED) is 0.152. The van der Waals surface area contributed by atoms with Crippen molar-refractivity contribution in [3.8, 4) is 11.1 Å². The molecule has 0 unspecified atom stereocenters. The summed E-state index contributed by atoms with van der Waals surface area (Å²) in [4.78, 5) is 47.6. The number of hydrogen-bond donors (Lipinski definition) is 6. The standard InChI is InChI=1S/C31H36N4O4.C2HF3O2/c1-18-15-19(2)27(20(3)16-18)35-31(39)33-26-17-23(21-9-12-24(32)13-10-21)11-14-25(26)29(36)34-28(30(37)38)22-7-5-4-6-8-22;3-2(4,5)1(6)7/h9-17,22,28H,4-8,32H2,1-3H3,(H,34,36)(H,37,38)(H2,33,35,39);(H,6,7)/t28-;/m0./s1. The summed E-state index contributed by atoms with van der Waals surface area (Å²) in [5, 5.41) is 25.5. The van der Waals surface area contributed by atoms with Crippen LogP contribution < -0.4 is 21.7 Å². The van der Waals surface area contributed by atoms with E-state index in [4.69, 9.17) is 15.6 Å². The zero-order valence-corrected chi connectivity index (χ0v) is 25.6. The predicted octanol–water partition coefficient (Wildman–Crippen LogP) is 6.90. The zero-order chi connectivity index (χ0) is 34.2. The Kier molecular flexibility index (Phi) is 11.8. The summed E-state index contributed by atoms with van der Waals surface area (Å²) in [5.74, 6) is -4.48. The van der Waals surface area contributed by atoms with Gasteiger partial charge in [0.2, 0.25) is 0 Å². The summed E-state index contributed by atoms with van der Waals surface area (Å²) in [6.45, 7) is 5.84. The first-order chi connectivity index (χ1) is 21.6. The van der Waals surface area contributed by atoms with E-state index < -0.39 is 36.1 Å². The Bertz CT molecular complexity index is 1560. The minimum atomic E-state index is -5.08. The third-order valence-electron chi connectivity index (χ3n) is 7.59. The van der Waals surface area contributed by atoms with Crippen LogP contribution in [0.4, 0.5) is 35.0 Å². The van der Waals surface area contributed by atoms with Crippen molar-refractivity contribution < 1.29 is 42.6 Å². The van der Waals surface area contributed by atoms with Crippen LogP contribution in [0.2, 0.25) is 0 Å². The van der Waals surface area contributed by atoms with Gasteiger partial charge in [-0.25, -0.2) is 14.4 Å². The Hall–Kier alpha value is -5.07. The zero-order valence-electron chi connectivity index (χ0n) is 25.6. The van der Waals surface area contributed by atoms with E-state index >= 15 is 0 Å². The van der Waals surface area contributed by atoms with Gasteiger partial charge in [-0.3, -0.25) is 4.79 Å². The molecule has 7 N–H and O–H groups in total. The van der Waals surface area contributed by atoms with Gasteiger partial charge in [-0.2, -0.15) is 13.2 Å². The molecule has 0 aliphatic heterocycles. The van der Waals surface area contributed by atoms with Gasteiger partial charge in [-0.15, -0.1) is 0 Å². The van der Waals surface area contributed by atoms with Crippen LogP contribution in [0.15, 0.2) is 54.6 Å². The van der Waals surface area contributed by atoms with Crippen molar-refractivity contribution in [2.75, 3.05) is 16.4 Å². The molecule has 0 heterocycles. The first-order valence-electron chi connectivity index (χ1n) is 14.6. The van der Waals surface area contributed by atoms with Crippen LogP contribution in [0.25, 0.3) is 11.1 Å². The van der Waals surface area contributed by atoms with Crippen molar-refractivity contribution in [3.63, 3.8) is 0 Å². The fraction of sp³-hybridized carbons (Fsp3) is 0.333. The van der Waals surface area contributed by atoms with Gasteiger partial charge in [0.05, 0.1) is 11.3 Å². The summed E-state index contributed by atoms with van der Waals surface area (Å²) >= 11 is 0. The number of amides is 3. The number of rotatable bonds is 7. The minimum absolute atomic E-state index is 0.124. The molecule has 1 aliphatic rings. The molecule has 1 atom stereocenters. The average Bonchev–Trinajstić information content (AvgIpc) is 2.98. The molecular formula is C33H37F3N4O6. The summed E-state index contributed by atoms with van der Waals surface area (Å²) in [6.07, 6.45) is -0.588. The molecule has 1 aliphatic carbocycles. The van der Waals surface area contributed by atoms with Crippen LogP contribution in [0.1, 0.15) is 59.2 Å². The second kappa shape index (κ2) is 15.3. The molecule has 0 bridgehead atoms. The summed E-state index contributed by atoms with van der Waals surface area (Å²) in [7, 11) is 0. The number of anilines is 3. The molecule has 0 saturated heterocycles. The molecular weight excluding hydrogens is 605 g/mol. The van der Waals surface area contributed by atoms with Crippen LogP contribution in [0, 0.1) is 26.7 Å². The second-order valence-corrected chi connectivity index (χ2v) is 11.2. The monoisotopic (exact) mass is 642 g/mol. The number of urea groups is 1. The van der Waals surface area contributed by atoms with E-state index in [2.05, 4.69) is 16.0 Å². The Balaban J connectivity index is 0.000000738. The summed E-state index contributed by atoms with van der Waals surface area (Å²) in [5.41, 5.74) is 12.2. The van der Waals surface area contributed by atoms with E-state index in [1.165, 1.54) is 0 Å². The highest BCUT2D eigenvalue weighted by atomic mass is 19.4. The number of benzene rings is 3. The molecule has 3 aromatic carbocycles. The molecule has 13 heteroatoms. The van der Waals surface area contributed by atoms with Crippen LogP contribution >= 0.6 is 0 Å². The molecule has 3 amide bonds. The molecule has 3 aromatic rings. The van der Waals surface area contributed by atoms with Crippen molar-refractivity contribution in [2.45, 2.75) is 65.1 Å². The first kappa shape index (κ1) is 35.4. The highest BCUT2D eigenvalue weighted by molar-refractivity contribution is 6.08. The molecule has 1 saturated carbocycles. The van der Waals surface area contributed by atoms with E-state index in [1.807, 2.05) is 45.0 Å².